The molecular weight excluding hydrogens is 326 g/mol. The van der Waals surface area contributed by atoms with E-state index in [2.05, 4.69) is 11.0 Å². The fraction of sp³-hybridized carbons (Fsp3) is 0.0769. The van der Waals surface area contributed by atoms with Crippen LogP contribution in [0.3, 0.4) is 0 Å². The molecule has 0 saturated carbocycles. The van der Waals surface area contributed by atoms with Gasteiger partial charge in [0.15, 0.2) is 5.69 Å². The fourth-order valence-corrected chi connectivity index (χ4v) is 2.28. The van der Waals surface area contributed by atoms with Gasteiger partial charge in [0.2, 0.25) is 0 Å². The molecule has 0 fully saturated rings. The molecule has 0 unspecified atom stereocenters. The van der Waals surface area contributed by atoms with E-state index in [4.69, 9.17) is 34.9 Å². The van der Waals surface area contributed by atoms with Crippen LogP contribution in [0.25, 0.3) is 5.69 Å². The molecule has 0 N–H and O–H groups in total. The smallest absolute Gasteiger partial charge is 0.235 e. The van der Waals surface area contributed by atoms with E-state index >= 15 is 0 Å². The number of aromatic nitrogens is 2. The second-order valence-corrected chi connectivity index (χ2v) is 4.69. The van der Waals surface area contributed by atoms with Crippen molar-refractivity contribution in [3.63, 3.8) is 0 Å². The van der Waals surface area contributed by atoms with Gasteiger partial charge in [0.1, 0.15) is 11.8 Å². The van der Waals surface area contributed by atoms with Gasteiger partial charge in [-0.15, -0.1) is 6.42 Å². The lowest BCUT2D eigenvalue weighted by Gasteiger charge is -2.12. The summed E-state index contributed by atoms with van der Waals surface area (Å²) < 4.78 is 39.0. The van der Waals surface area contributed by atoms with Gasteiger partial charge < -0.3 is 0 Å². The third-order valence-corrected chi connectivity index (χ3v) is 3.13. The van der Waals surface area contributed by atoms with Crippen LogP contribution in [-0.2, 0) is 6.18 Å². The minimum atomic E-state index is -4.57. The first-order valence-corrected chi connectivity index (χ1v) is 6.06. The highest BCUT2D eigenvalue weighted by Gasteiger charge is 2.32. The number of halogens is 5. The van der Waals surface area contributed by atoms with Gasteiger partial charge in [-0.05, 0) is 12.1 Å². The number of nitrogens with zero attached hydrogens (tertiary/aromatic N) is 3. The molecule has 0 aliphatic heterocycles. The number of terminal acetylenes is 1. The SMILES string of the molecule is C#Cc1cn(-c2c(Cl)cc(C(F)(F)F)cc2Cl)nc1C#N. The van der Waals surface area contributed by atoms with Crippen molar-refractivity contribution >= 4 is 23.2 Å². The lowest BCUT2D eigenvalue weighted by atomic mass is 10.2. The predicted octanol–water partition coefficient (Wildman–Crippen LogP) is 4.05. The van der Waals surface area contributed by atoms with Crippen molar-refractivity contribution in [3.8, 4) is 24.1 Å². The molecule has 1 aromatic carbocycles. The van der Waals surface area contributed by atoms with E-state index in [1.165, 1.54) is 6.20 Å². The Bertz CT molecular complexity index is 740. The van der Waals surface area contributed by atoms with Gasteiger partial charge in [-0.25, -0.2) is 4.68 Å². The molecule has 0 atom stereocenters. The Kier molecular flexibility index (Phi) is 3.87. The van der Waals surface area contributed by atoms with Crippen LogP contribution in [-0.4, -0.2) is 9.78 Å². The molecule has 2 aromatic rings. The summed E-state index contributed by atoms with van der Waals surface area (Å²) in [5.41, 5.74) is -0.829. The van der Waals surface area contributed by atoms with E-state index in [1.807, 2.05) is 0 Å². The first-order chi connectivity index (χ1) is 9.77. The molecule has 106 valence electrons. The van der Waals surface area contributed by atoms with Crippen molar-refractivity contribution in [2.24, 2.45) is 0 Å². The molecule has 0 spiro atoms. The second-order valence-electron chi connectivity index (χ2n) is 3.88. The molecule has 0 bridgehead atoms. The number of benzene rings is 1. The average Bonchev–Trinajstić information content (AvgIpc) is 2.79. The summed E-state index contributed by atoms with van der Waals surface area (Å²) in [7, 11) is 0. The Morgan fingerprint density at radius 1 is 1.24 bits per heavy atom. The highest BCUT2D eigenvalue weighted by Crippen LogP contribution is 2.37. The molecule has 0 saturated heterocycles. The molecule has 2 rings (SSSR count). The Morgan fingerprint density at radius 3 is 2.19 bits per heavy atom. The van der Waals surface area contributed by atoms with E-state index < -0.39 is 11.7 Å². The molecule has 1 aromatic heterocycles. The van der Waals surface area contributed by atoms with Gasteiger partial charge in [-0.3, -0.25) is 0 Å². The first kappa shape index (κ1) is 15.2. The van der Waals surface area contributed by atoms with E-state index in [0.717, 1.165) is 16.8 Å². The summed E-state index contributed by atoms with van der Waals surface area (Å²) in [5, 5.41) is 12.2. The first-order valence-electron chi connectivity index (χ1n) is 5.31. The molecule has 21 heavy (non-hydrogen) atoms. The average molecular weight is 330 g/mol. The third kappa shape index (κ3) is 2.82. The number of nitriles is 1. The van der Waals surface area contributed by atoms with E-state index in [9.17, 15) is 13.2 Å². The van der Waals surface area contributed by atoms with Crippen LogP contribution < -0.4 is 0 Å². The van der Waals surface area contributed by atoms with Gasteiger partial charge in [0.05, 0.1) is 21.2 Å². The predicted molar refractivity (Wildman–Crippen MR) is 71.2 cm³/mol. The van der Waals surface area contributed by atoms with E-state index in [-0.39, 0.29) is 27.0 Å². The van der Waals surface area contributed by atoms with Crippen LogP contribution in [0, 0.1) is 23.7 Å². The number of rotatable bonds is 1. The number of hydrogen-bond donors (Lipinski definition) is 0. The highest BCUT2D eigenvalue weighted by atomic mass is 35.5. The van der Waals surface area contributed by atoms with Gasteiger partial charge in [-0.2, -0.15) is 23.5 Å². The summed E-state index contributed by atoms with van der Waals surface area (Å²) in [6, 6.07) is 3.23. The molecule has 8 heteroatoms. The summed E-state index contributed by atoms with van der Waals surface area (Å²) >= 11 is 11.7. The van der Waals surface area contributed by atoms with Crippen LogP contribution >= 0.6 is 23.2 Å². The second kappa shape index (κ2) is 5.33. The molecule has 3 nitrogen and oxygen atoms in total. The van der Waals surface area contributed by atoms with Crippen molar-refractivity contribution in [1.29, 1.82) is 5.26 Å². The standard InChI is InChI=1S/C13H4Cl2F3N3/c1-2-7-6-21(20-11(7)5-19)12-9(14)3-8(4-10(12)15)13(16,17)18/h1,3-4,6H. The maximum Gasteiger partial charge on any atom is 0.416 e. The van der Waals surface area contributed by atoms with Gasteiger partial charge in [0, 0.05) is 6.20 Å². The maximum atomic E-state index is 12.7. The molecule has 0 amide bonds. The zero-order valence-electron chi connectivity index (χ0n) is 10.0. The quantitative estimate of drug-likeness (QED) is 0.740. The molecule has 0 aliphatic rings. The van der Waals surface area contributed by atoms with Crippen LogP contribution in [0.2, 0.25) is 10.0 Å². The Morgan fingerprint density at radius 2 is 1.81 bits per heavy atom. The highest BCUT2D eigenvalue weighted by molar-refractivity contribution is 6.37. The zero-order valence-corrected chi connectivity index (χ0v) is 11.6. The van der Waals surface area contributed by atoms with Crippen LogP contribution in [0.1, 0.15) is 16.8 Å². The molecular formula is C13H4Cl2F3N3. The van der Waals surface area contributed by atoms with Crippen molar-refractivity contribution in [1.82, 2.24) is 9.78 Å². The lowest BCUT2D eigenvalue weighted by molar-refractivity contribution is -0.137. The minimum Gasteiger partial charge on any atom is -0.235 e. The van der Waals surface area contributed by atoms with Gasteiger partial charge in [-0.1, -0.05) is 29.1 Å². The zero-order chi connectivity index (χ0) is 15.8. The summed E-state index contributed by atoms with van der Waals surface area (Å²) in [6.45, 7) is 0. The van der Waals surface area contributed by atoms with Crippen LogP contribution in [0.4, 0.5) is 13.2 Å². The third-order valence-electron chi connectivity index (χ3n) is 2.55. The summed E-state index contributed by atoms with van der Waals surface area (Å²) in [5.74, 6) is 2.24. The van der Waals surface area contributed by atoms with E-state index in [1.54, 1.807) is 6.07 Å². The van der Waals surface area contributed by atoms with Gasteiger partial charge in [0.25, 0.3) is 0 Å². The number of hydrogen-bond acceptors (Lipinski definition) is 2. The van der Waals surface area contributed by atoms with Crippen molar-refractivity contribution in [2.75, 3.05) is 0 Å². The fourth-order valence-electron chi connectivity index (χ4n) is 1.62. The van der Waals surface area contributed by atoms with Crippen LogP contribution in [0.15, 0.2) is 18.3 Å². The number of alkyl halides is 3. The van der Waals surface area contributed by atoms with E-state index in [0.29, 0.717) is 0 Å². The Balaban J connectivity index is 2.64. The Hall–Kier alpha value is -2.15. The normalized spacial score (nSPS) is 11.0. The lowest BCUT2D eigenvalue weighted by Crippen LogP contribution is -2.07. The summed E-state index contributed by atoms with van der Waals surface area (Å²) in [4.78, 5) is 0. The van der Waals surface area contributed by atoms with Gasteiger partial charge >= 0.3 is 6.18 Å². The topological polar surface area (TPSA) is 41.6 Å². The van der Waals surface area contributed by atoms with Crippen molar-refractivity contribution in [3.05, 3.63) is 45.2 Å². The van der Waals surface area contributed by atoms with Crippen molar-refractivity contribution < 1.29 is 13.2 Å². The largest absolute Gasteiger partial charge is 0.416 e. The molecule has 1 heterocycles. The summed E-state index contributed by atoms with van der Waals surface area (Å²) in [6.07, 6.45) is 1.92. The maximum absolute atomic E-state index is 12.7. The monoisotopic (exact) mass is 329 g/mol. The Labute approximate surface area is 127 Å². The van der Waals surface area contributed by atoms with Crippen molar-refractivity contribution in [2.45, 2.75) is 6.18 Å². The molecule has 0 aliphatic carbocycles. The van der Waals surface area contributed by atoms with Crippen LogP contribution in [0.5, 0.6) is 0 Å². The molecule has 0 radical (unpaired) electrons. The minimum absolute atomic E-state index is 0.0179.